The number of aldehydes is 1. The Bertz CT molecular complexity index is 4950. The highest BCUT2D eigenvalue weighted by atomic mass is 35.6. The number of nitriles is 5. The first kappa shape index (κ1) is 90.7. The third kappa shape index (κ3) is 25.0. The van der Waals surface area contributed by atoms with E-state index in [2.05, 4.69) is 205 Å². The molecule has 0 aliphatic heterocycles. The van der Waals surface area contributed by atoms with Gasteiger partial charge in [0, 0.05) is 132 Å². The van der Waals surface area contributed by atoms with Gasteiger partial charge in [0.25, 0.3) is 0 Å². The molecule has 0 saturated carbocycles. The third-order valence-corrected chi connectivity index (χ3v) is 35.1. The van der Waals surface area contributed by atoms with Gasteiger partial charge in [-0.05, 0) is 224 Å². The Kier molecular flexibility index (Phi) is 33.1. The molecule has 0 amide bonds. The van der Waals surface area contributed by atoms with E-state index in [4.69, 9.17) is 51.2 Å². The number of nitrogens with zero attached hydrogens (tertiary/aromatic N) is 13. The highest BCUT2D eigenvalue weighted by Gasteiger charge is 2.39. The predicted molar refractivity (Wildman–Crippen MR) is 462 cm³/mol. The lowest BCUT2D eigenvalue weighted by Crippen LogP contribution is -2.44. The van der Waals surface area contributed by atoms with E-state index >= 15 is 0 Å². The average molecular weight is 1560 g/mol. The second-order valence-corrected chi connectivity index (χ2v) is 49.1. The predicted octanol–water partition coefficient (Wildman–Crippen LogP) is 19.1. The second-order valence-electron chi connectivity index (χ2n) is 32.2. The Morgan fingerprint density at radius 1 is 0.427 bits per heavy atom. The molecule has 110 heavy (non-hydrogen) atoms. The van der Waals surface area contributed by atoms with Crippen molar-refractivity contribution in [3.8, 4) is 30.3 Å². The number of benzene rings is 5. The van der Waals surface area contributed by atoms with Crippen LogP contribution in [0.1, 0.15) is 125 Å². The minimum Gasteiger partial charge on any atom is -0.415 e. The minimum absolute atomic E-state index is 0.00437. The number of aromatic nitrogens is 5. The smallest absolute Gasteiger partial charge is 0.192 e. The van der Waals surface area contributed by atoms with Crippen molar-refractivity contribution in [1.29, 1.82) is 26.3 Å². The van der Waals surface area contributed by atoms with Crippen molar-refractivity contribution in [2.75, 3.05) is 72.9 Å². The molecule has 20 nitrogen and oxygen atoms in total. The topological polar surface area (TPSA) is 293 Å². The summed E-state index contributed by atoms with van der Waals surface area (Å²) in [5, 5.41) is 80.0. The van der Waals surface area contributed by atoms with Crippen LogP contribution in [0.15, 0.2) is 152 Å². The second kappa shape index (κ2) is 40.1. The molecule has 5 aromatic carbocycles. The number of aliphatic hydroxyl groups is 2. The van der Waals surface area contributed by atoms with Crippen LogP contribution in [0.3, 0.4) is 0 Å². The van der Waals surface area contributed by atoms with Crippen LogP contribution >= 0.6 is 11.1 Å². The van der Waals surface area contributed by atoms with Crippen LogP contribution in [0, 0.1) is 56.7 Å². The number of fused-ring (bicyclic) bond motifs is 5. The number of rotatable bonds is 19. The van der Waals surface area contributed by atoms with Crippen molar-refractivity contribution in [3.63, 3.8) is 0 Å². The number of carbonyl (C=O) groups is 1. The number of hydrogen-bond donors (Lipinski definition) is 4. The molecule has 5 aromatic heterocycles. The van der Waals surface area contributed by atoms with E-state index in [0.717, 1.165) is 88.6 Å². The molecule has 5 heterocycles. The first-order valence-corrected chi connectivity index (χ1v) is 46.7. The molecule has 0 fully saturated rings. The molecule has 0 aliphatic carbocycles. The molecule has 5 atom stereocenters. The monoisotopic (exact) mass is 1550 g/mol. The summed E-state index contributed by atoms with van der Waals surface area (Å²) < 4.78 is 12.6. The van der Waals surface area contributed by atoms with Crippen molar-refractivity contribution < 1.29 is 23.9 Å². The van der Waals surface area contributed by atoms with Crippen molar-refractivity contribution in [1.82, 2.24) is 24.9 Å². The van der Waals surface area contributed by atoms with E-state index in [-0.39, 0.29) is 53.5 Å². The quantitative estimate of drug-likeness (QED) is 0.0332. The third-order valence-electron chi connectivity index (χ3n) is 20.8. The average Bonchev–Trinajstić information content (AvgIpc) is 0.820. The minimum atomic E-state index is -1.74. The fourth-order valence-electron chi connectivity index (χ4n) is 9.96. The van der Waals surface area contributed by atoms with Gasteiger partial charge in [-0.15, -0.1) is 0 Å². The van der Waals surface area contributed by atoms with Gasteiger partial charge in [0.2, 0.25) is 0 Å². The zero-order valence-electron chi connectivity index (χ0n) is 68.5. The fraction of sp³-hybridized carbons (Fsp3) is 0.407. The van der Waals surface area contributed by atoms with Crippen LogP contribution < -0.4 is 25.3 Å². The molecular weight excluding hydrogens is 1440 g/mol. The maximum absolute atomic E-state index is 10.8. The van der Waals surface area contributed by atoms with Crippen molar-refractivity contribution in [3.05, 3.63) is 181 Å². The van der Waals surface area contributed by atoms with Gasteiger partial charge >= 0.3 is 0 Å². The summed E-state index contributed by atoms with van der Waals surface area (Å²) in [6, 6.07) is 49.8. The van der Waals surface area contributed by atoms with Crippen LogP contribution in [0.25, 0.3) is 53.9 Å². The summed E-state index contributed by atoms with van der Waals surface area (Å²) >= 11 is 6.15. The van der Waals surface area contributed by atoms with Crippen molar-refractivity contribution in [2.24, 2.45) is 0 Å². The number of likely N-dealkylation sites (N-methyl/N-ethyl adjacent to an activating group) is 3. The van der Waals surface area contributed by atoms with Crippen LogP contribution in [0.4, 0.5) is 28.4 Å². The maximum Gasteiger partial charge on any atom is 0.192 e. The molecular formula is C86H112ClN15O5Si3. The van der Waals surface area contributed by atoms with Gasteiger partial charge < -0.3 is 49.2 Å². The first-order valence-electron chi connectivity index (χ1n) is 36.8. The lowest BCUT2D eigenvalue weighted by Gasteiger charge is -2.38. The molecule has 0 unspecified atom stereocenters. The molecule has 0 spiro atoms. The molecule has 10 rings (SSSR count). The Morgan fingerprint density at radius 2 is 0.709 bits per heavy atom. The number of anilines is 5. The van der Waals surface area contributed by atoms with Crippen LogP contribution in [0.5, 0.6) is 0 Å². The number of pyridine rings is 5. The van der Waals surface area contributed by atoms with E-state index in [0.29, 0.717) is 46.7 Å². The molecule has 0 radical (unpaired) electrons. The lowest BCUT2D eigenvalue weighted by atomic mass is 10.1. The van der Waals surface area contributed by atoms with Gasteiger partial charge in [0.05, 0.1) is 32.5 Å². The van der Waals surface area contributed by atoms with Gasteiger partial charge in [0.1, 0.15) is 65.1 Å². The summed E-state index contributed by atoms with van der Waals surface area (Å²) in [5.74, 6) is 0. The number of hydrogen-bond acceptors (Lipinski definition) is 20. The van der Waals surface area contributed by atoms with Gasteiger partial charge in [-0.2, -0.15) is 37.4 Å². The highest BCUT2D eigenvalue weighted by Crippen LogP contribution is 2.40. The molecule has 24 heteroatoms. The standard InChI is InChI=1S/C20H29N3OSi.C19H27N3OSi.C14H15N3O.C14H13N3O.C13H13N3O.C6H15ClSi/c1-15(14-24-25(6,7)20(2,3)4)23(5)17-8-9-18-16(12-17)10-11-22-19(18)13-21;1-14(13-23-24(5,6)19(2,3)4)22-16-7-8-17-15(11-16)9-10-21-18(17)12-20;2*1-10(9-18)17(2)12-3-4-13-11(7-12)5-6-16-14(13)8-15;1-9(8-17)16-11-2-3-12-10(6-11)4-5-15-13(12)7-14;1-6(2,3)8(4,5)7/h8-12,15H,14H2,1-7H3;7-11,14,22H,13H2,1-6H3;3-7,10,18H,9H2,1-2H3;3-7,9-10H,1-2H3;2-6,9,16-17H,8H2,1H3;1-5H3/t15-;14-;2*10-;9-;/m11111./s1. The van der Waals surface area contributed by atoms with Gasteiger partial charge in [0.15, 0.2) is 24.0 Å². The van der Waals surface area contributed by atoms with E-state index in [1.165, 1.54) is 0 Å². The normalized spacial score (nSPS) is 12.8. The molecule has 10 aromatic rings. The molecule has 580 valence electrons. The lowest BCUT2D eigenvalue weighted by molar-refractivity contribution is -0.108. The Labute approximate surface area is 660 Å². The Balaban J connectivity index is 0.000000242. The summed E-state index contributed by atoms with van der Waals surface area (Å²) in [6.45, 7) is 45.2. The fourth-order valence-corrected chi connectivity index (χ4v) is 12.1. The number of aliphatic hydroxyl groups excluding tert-OH is 2. The van der Waals surface area contributed by atoms with Gasteiger partial charge in [-0.25, -0.2) is 24.9 Å². The Hall–Kier alpha value is -9.95. The number of carbonyl (C=O) groups excluding carboxylic acids is 1. The summed E-state index contributed by atoms with van der Waals surface area (Å²) in [5.41, 5.74) is 7.27. The van der Waals surface area contributed by atoms with E-state index in [9.17, 15) is 10.1 Å². The molecule has 0 bridgehead atoms. The number of nitrogens with one attached hydrogen (secondary N) is 2. The van der Waals surface area contributed by atoms with Crippen LogP contribution in [0.2, 0.25) is 54.4 Å². The van der Waals surface area contributed by atoms with Crippen LogP contribution in [-0.4, -0.2) is 143 Å². The SMILES string of the molecule is CC(C)(C)[Si](C)(C)Cl.C[C@H](C=O)N(C)c1ccc2c(C#N)nccc2c1.C[C@H](CO)N(C)c1ccc2c(C#N)nccc2c1.C[C@H](CO)Nc1ccc2c(C#N)nccc2c1.C[C@H](CO[Si](C)(C)C(C)(C)C)N(C)c1ccc2c(C#N)nccc2c1.C[C@H](CO[Si](C)(C)C(C)(C)C)Nc1ccc2c(C#N)nccc2c1. The summed E-state index contributed by atoms with van der Waals surface area (Å²) in [7, 11) is 1.04. The largest absolute Gasteiger partial charge is 0.415 e. The van der Waals surface area contributed by atoms with Gasteiger partial charge in [-0.3, -0.25) is 0 Å². The maximum atomic E-state index is 10.8. The van der Waals surface area contributed by atoms with Crippen molar-refractivity contribution >= 4 is 124 Å². The van der Waals surface area contributed by atoms with E-state index < -0.39 is 24.0 Å². The van der Waals surface area contributed by atoms with Gasteiger partial charge in [-0.1, -0.05) is 75.4 Å². The Morgan fingerprint density at radius 3 is 0.991 bits per heavy atom. The molecule has 0 saturated heterocycles. The van der Waals surface area contributed by atoms with E-state index in [1.54, 1.807) is 31.0 Å². The zero-order chi connectivity index (χ0) is 82.3. The van der Waals surface area contributed by atoms with Crippen molar-refractivity contribution in [2.45, 2.75) is 182 Å². The summed E-state index contributed by atoms with van der Waals surface area (Å²) in [6.07, 6.45) is 9.15. The highest BCUT2D eigenvalue weighted by molar-refractivity contribution is 7.20. The molecule has 4 N–H and O–H groups in total. The van der Waals surface area contributed by atoms with E-state index in [1.807, 2.05) is 154 Å². The molecule has 0 aliphatic rings. The summed E-state index contributed by atoms with van der Waals surface area (Å²) in [4.78, 5) is 37.2. The number of halogens is 1. The zero-order valence-corrected chi connectivity index (χ0v) is 72.3. The first-order chi connectivity index (χ1) is 51.5. The van der Waals surface area contributed by atoms with Crippen LogP contribution in [-0.2, 0) is 13.6 Å².